The molecular weight excluding hydrogens is 480 g/mol. The van der Waals surface area contributed by atoms with Gasteiger partial charge in [-0.05, 0) is 60.9 Å². The molecule has 0 amide bonds. The predicted molar refractivity (Wildman–Crippen MR) is 161 cm³/mol. The predicted octanol–water partition coefficient (Wildman–Crippen LogP) is 9.37. The van der Waals surface area contributed by atoms with Gasteiger partial charge in [0.05, 0.1) is 34.2 Å². The molecule has 0 aliphatic carbocycles. The molecule has 0 aliphatic rings. The minimum absolute atomic E-state index is 0.315. The zero-order valence-electron chi connectivity index (χ0n) is 24.1. The molecule has 0 atom stereocenters. The van der Waals surface area contributed by atoms with Gasteiger partial charge in [-0.25, -0.2) is 4.98 Å². The Labute approximate surface area is 229 Å². The topological polar surface area (TPSA) is 56.7 Å². The normalized spacial score (nSPS) is 12.3. The Bertz CT molecular complexity index is 1840. The Kier molecular flexibility index (Phi) is 6.05. The maximum atomic E-state index is 6.60. The number of nitrogens with zero attached hydrogens (tertiary/aromatic N) is 4. The molecule has 0 aliphatic heterocycles. The van der Waals surface area contributed by atoms with Crippen LogP contribution in [0.2, 0.25) is 0 Å². The second-order valence-electron chi connectivity index (χ2n) is 11.6. The van der Waals surface area contributed by atoms with Crippen molar-refractivity contribution >= 4 is 33.0 Å². The van der Waals surface area contributed by atoms with E-state index in [-0.39, 0.29) is 0 Å². The van der Waals surface area contributed by atoms with Crippen molar-refractivity contribution in [3.63, 3.8) is 0 Å². The summed E-state index contributed by atoms with van der Waals surface area (Å²) >= 11 is 0. The molecule has 0 radical (unpaired) electrons. The molecule has 4 aromatic heterocycles. The zero-order chi connectivity index (χ0) is 27.6. The van der Waals surface area contributed by atoms with Gasteiger partial charge in [0.15, 0.2) is 5.58 Å². The van der Waals surface area contributed by atoms with Crippen molar-refractivity contribution in [2.24, 2.45) is 0 Å². The fourth-order valence-corrected chi connectivity index (χ4v) is 5.77. The van der Waals surface area contributed by atoms with Crippen molar-refractivity contribution in [1.82, 2.24) is 19.5 Å². The Morgan fingerprint density at radius 3 is 2.10 bits per heavy atom. The van der Waals surface area contributed by atoms with Gasteiger partial charge in [-0.1, -0.05) is 71.9 Å². The number of aryl methyl sites for hydroxylation is 2. The summed E-state index contributed by atoms with van der Waals surface area (Å²) in [4.78, 5) is 14.8. The molecular formula is C34H36N4O. The average Bonchev–Trinajstić information content (AvgIpc) is 3.46. The molecule has 0 saturated carbocycles. The van der Waals surface area contributed by atoms with Gasteiger partial charge in [0.1, 0.15) is 11.4 Å². The van der Waals surface area contributed by atoms with E-state index < -0.39 is 0 Å². The molecule has 2 aromatic carbocycles. The Hall–Kier alpha value is -3.99. The molecule has 5 heteroatoms. The van der Waals surface area contributed by atoms with Crippen LogP contribution in [-0.4, -0.2) is 19.5 Å². The highest BCUT2D eigenvalue weighted by atomic mass is 16.3. The van der Waals surface area contributed by atoms with E-state index >= 15 is 0 Å². The summed E-state index contributed by atoms with van der Waals surface area (Å²) in [5.74, 6) is 1.86. The van der Waals surface area contributed by atoms with Gasteiger partial charge in [0.25, 0.3) is 0 Å². The van der Waals surface area contributed by atoms with E-state index in [0.717, 1.165) is 61.4 Å². The van der Waals surface area contributed by atoms with Crippen LogP contribution in [0.25, 0.3) is 50.0 Å². The molecule has 0 N–H and O–H groups in total. The Morgan fingerprint density at radius 1 is 0.744 bits per heavy atom. The minimum Gasteiger partial charge on any atom is -0.453 e. The van der Waals surface area contributed by atoms with Crippen LogP contribution in [0.15, 0.2) is 59.1 Å². The van der Waals surface area contributed by atoms with Gasteiger partial charge < -0.3 is 4.42 Å². The molecule has 39 heavy (non-hydrogen) atoms. The standard InChI is InChI=1S/C34H36N4O/c1-18(2)23-11-9-12-24(19(3)4)31(23)38-30-17-35-28(20(5)6)16-29(30)37-34(38)26-14-10-13-25-27-15-21(7)36-22(8)32(27)39-33(25)26/h9-20H,1-8H3. The van der Waals surface area contributed by atoms with Crippen molar-refractivity contribution in [3.8, 4) is 17.1 Å². The smallest absolute Gasteiger partial charge is 0.156 e. The van der Waals surface area contributed by atoms with Crippen molar-refractivity contribution in [3.05, 3.63) is 82.9 Å². The minimum atomic E-state index is 0.315. The van der Waals surface area contributed by atoms with Crippen molar-refractivity contribution in [2.75, 3.05) is 0 Å². The van der Waals surface area contributed by atoms with E-state index in [1.54, 1.807) is 0 Å². The highest BCUT2D eigenvalue weighted by Gasteiger charge is 2.25. The van der Waals surface area contributed by atoms with Crippen LogP contribution in [0.1, 0.15) is 87.5 Å². The number of imidazole rings is 1. The summed E-state index contributed by atoms with van der Waals surface area (Å²) in [5, 5.41) is 2.17. The maximum absolute atomic E-state index is 6.60. The lowest BCUT2D eigenvalue weighted by molar-refractivity contribution is 0.662. The van der Waals surface area contributed by atoms with Crippen LogP contribution in [-0.2, 0) is 0 Å². The van der Waals surface area contributed by atoms with Gasteiger partial charge in [-0.15, -0.1) is 0 Å². The number of rotatable bonds is 5. The summed E-state index contributed by atoms with van der Waals surface area (Å²) in [5.41, 5.74) is 11.3. The molecule has 198 valence electrons. The molecule has 0 unspecified atom stereocenters. The lowest BCUT2D eigenvalue weighted by atomic mass is 9.92. The van der Waals surface area contributed by atoms with Crippen LogP contribution in [0, 0.1) is 13.8 Å². The Balaban J connectivity index is 1.77. The number of hydrogen-bond acceptors (Lipinski definition) is 4. The third kappa shape index (κ3) is 4.03. The molecule has 0 fully saturated rings. The Morgan fingerprint density at radius 2 is 1.44 bits per heavy atom. The van der Waals surface area contributed by atoms with Crippen molar-refractivity contribution in [1.29, 1.82) is 0 Å². The number of aromatic nitrogens is 4. The molecule has 0 saturated heterocycles. The van der Waals surface area contributed by atoms with E-state index in [0.29, 0.717) is 17.8 Å². The lowest BCUT2D eigenvalue weighted by Gasteiger charge is -2.22. The van der Waals surface area contributed by atoms with E-state index in [1.165, 1.54) is 16.8 Å². The largest absolute Gasteiger partial charge is 0.453 e. The highest BCUT2D eigenvalue weighted by molar-refractivity contribution is 6.10. The van der Waals surface area contributed by atoms with E-state index in [9.17, 15) is 0 Å². The molecule has 6 aromatic rings. The summed E-state index contributed by atoms with van der Waals surface area (Å²) < 4.78 is 8.93. The molecule has 5 nitrogen and oxygen atoms in total. The molecule has 4 heterocycles. The van der Waals surface area contributed by atoms with Crippen LogP contribution in [0.3, 0.4) is 0 Å². The highest BCUT2D eigenvalue weighted by Crippen LogP contribution is 2.41. The van der Waals surface area contributed by atoms with Crippen LogP contribution in [0.5, 0.6) is 0 Å². The fraction of sp³-hybridized carbons (Fsp3) is 0.324. The first kappa shape index (κ1) is 25.3. The quantitative estimate of drug-likeness (QED) is 0.229. The van der Waals surface area contributed by atoms with Crippen molar-refractivity contribution in [2.45, 2.75) is 73.1 Å². The summed E-state index contributed by atoms with van der Waals surface area (Å²) in [6.07, 6.45) is 2.00. The number of pyridine rings is 2. The van der Waals surface area contributed by atoms with Gasteiger partial charge >= 0.3 is 0 Å². The van der Waals surface area contributed by atoms with Crippen LogP contribution in [0.4, 0.5) is 0 Å². The summed E-state index contributed by atoms with van der Waals surface area (Å²) in [7, 11) is 0. The van der Waals surface area contributed by atoms with Gasteiger partial charge in [-0.3, -0.25) is 14.5 Å². The van der Waals surface area contributed by atoms with Crippen LogP contribution >= 0.6 is 0 Å². The van der Waals surface area contributed by atoms with Crippen LogP contribution < -0.4 is 0 Å². The summed E-state index contributed by atoms with van der Waals surface area (Å²) in [6.45, 7) is 17.4. The summed E-state index contributed by atoms with van der Waals surface area (Å²) in [6, 6.07) is 17.3. The number of benzene rings is 2. The molecule has 0 spiro atoms. The molecule has 6 rings (SSSR count). The number of para-hydroxylation sites is 2. The lowest BCUT2D eigenvalue weighted by Crippen LogP contribution is -2.08. The zero-order valence-corrected chi connectivity index (χ0v) is 24.1. The van der Waals surface area contributed by atoms with E-state index in [2.05, 4.69) is 99.6 Å². The third-order valence-electron chi connectivity index (χ3n) is 7.74. The third-order valence-corrected chi connectivity index (χ3v) is 7.74. The van der Waals surface area contributed by atoms with E-state index in [1.807, 2.05) is 20.0 Å². The van der Waals surface area contributed by atoms with Gasteiger partial charge in [-0.2, -0.15) is 0 Å². The van der Waals surface area contributed by atoms with Gasteiger partial charge in [0.2, 0.25) is 0 Å². The SMILES string of the molecule is Cc1cc2c(oc3c(-c4nc5cc(C(C)C)ncc5n4-c4c(C(C)C)cccc4C(C)C)cccc32)c(C)n1. The second kappa shape index (κ2) is 9.33. The fourth-order valence-electron chi connectivity index (χ4n) is 5.77. The average molecular weight is 517 g/mol. The number of hydrogen-bond donors (Lipinski definition) is 0. The van der Waals surface area contributed by atoms with E-state index in [4.69, 9.17) is 14.4 Å². The second-order valence-corrected chi connectivity index (χ2v) is 11.6. The number of furan rings is 1. The van der Waals surface area contributed by atoms with Crippen molar-refractivity contribution < 1.29 is 4.42 Å². The maximum Gasteiger partial charge on any atom is 0.156 e. The monoisotopic (exact) mass is 516 g/mol. The first-order chi connectivity index (χ1) is 18.7. The van der Waals surface area contributed by atoms with Gasteiger partial charge in [0, 0.05) is 22.2 Å². The first-order valence-corrected chi connectivity index (χ1v) is 14.0. The number of fused-ring (bicyclic) bond motifs is 4. The first-order valence-electron chi connectivity index (χ1n) is 14.0. The molecule has 0 bridgehead atoms.